The van der Waals surface area contributed by atoms with Crippen LogP contribution in [0.25, 0.3) is 0 Å². The fraction of sp³-hybridized carbons (Fsp3) is 0.867. The number of likely N-dealkylation sites (tertiary alicyclic amines) is 1. The second kappa shape index (κ2) is 5.14. The summed E-state index contributed by atoms with van der Waals surface area (Å²) in [5.41, 5.74) is 0.301. The molecule has 1 saturated carbocycles. The Kier molecular flexibility index (Phi) is 3.88. The van der Waals surface area contributed by atoms with Gasteiger partial charge in [-0.2, -0.15) is 0 Å². The summed E-state index contributed by atoms with van der Waals surface area (Å²) < 4.78 is 0. The average Bonchev–Trinajstić information content (AvgIpc) is 2.25. The molecule has 19 heavy (non-hydrogen) atoms. The Morgan fingerprint density at radius 1 is 1.00 bits per heavy atom. The number of hydrogen-bond acceptors (Lipinski definition) is 2. The molecule has 1 aliphatic carbocycles. The Morgan fingerprint density at radius 3 is 1.89 bits per heavy atom. The first-order valence-corrected chi connectivity index (χ1v) is 7.32. The van der Waals surface area contributed by atoms with Gasteiger partial charge in [-0.25, -0.2) is 0 Å². The molecule has 4 heteroatoms. The first kappa shape index (κ1) is 14.4. The third-order valence-electron chi connectivity index (χ3n) is 4.94. The monoisotopic (exact) mass is 267 g/mol. The van der Waals surface area contributed by atoms with Crippen LogP contribution in [0.5, 0.6) is 0 Å². The number of carbonyl (C=O) groups is 2. The summed E-state index contributed by atoms with van der Waals surface area (Å²) in [6, 6.07) is 0. The quantitative estimate of drug-likeness (QED) is 0.835. The van der Waals surface area contributed by atoms with Crippen molar-refractivity contribution in [2.45, 2.75) is 46.5 Å². The van der Waals surface area contributed by atoms with Crippen LogP contribution >= 0.6 is 0 Å². The number of carboxylic acids is 1. The van der Waals surface area contributed by atoms with E-state index in [9.17, 15) is 9.59 Å². The number of carbonyl (C=O) groups excluding carboxylic acids is 1. The number of carboxylic acid groups (broad SMARTS) is 1. The van der Waals surface area contributed by atoms with Crippen LogP contribution in [0.1, 0.15) is 46.5 Å². The topological polar surface area (TPSA) is 57.6 Å². The molecule has 0 aromatic rings. The van der Waals surface area contributed by atoms with E-state index >= 15 is 0 Å². The van der Waals surface area contributed by atoms with Crippen LogP contribution in [-0.4, -0.2) is 35.0 Å². The lowest BCUT2D eigenvalue weighted by atomic mass is 9.71. The van der Waals surface area contributed by atoms with E-state index in [1.54, 1.807) is 0 Å². The van der Waals surface area contributed by atoms with Crippen molar-refractivity contribution in [1.82, 2.24) is 4.90 Å². The van der Waals surface area contributed by atoms with E-state index in [0.717, 1.165) is 32.4 Å². The first-order chi connectivity index (χ1) is 8.80. The molecule has 4 nitrogen and oxygen atoms in total. The van der Waals surface area contributed by atoms with Gasteiger partial charge in [0.05, 0.1) is 11.8 Å². The molecule has 2 rings (SSSR count). The number of nitrogens with zero attached hydrogens (tertiary/aromatic N) is 1. The summed E-state index contributed by atoms with van der Waals surface area (Å²) in [5, 5.41) is 9.03. The first-order valence-electron chi connectivity index (χ1n) is 7.32. The predicted octanol–water partition coefficient (Wildman–Crippen LogP) is 2.38. The van der Waals surface area contributed by atoms with Gasteiger partial charge < -0.3 is 10.0 Å². The Morgan fingerprint density at radius 2 is 1.53 bits per heavy atom. The largest absolute Gasteiger partial charge is 0.481 e. The van der Waals surface area contributed by atoms with E-state index < -0.39 is 11.9 Å². The fourth-order valence-electron chi connectivity index (χ4n) is 3.29. The summed E-state index contributed by atoms with van der Waals surface area (Å²) in [7, 11) is 0. The van der Waals surface area contributed by atoms with Crippen LogP contribution in [0, 0.1) is 23.2 Å². The Balaban J connectivity index is 1.88. The van der Waals surface area contributed by atoms with Crippen LogP contribution in [0.15, 0.2) is 0 Å². The lowest BCUT2D eigenvalue weighted by molar-refractivity contribution is -0.157. The zero-order chi connectivity index (χ0) is 14.2. The highest BCUT2D eigenvalue weighted by molar-refractivity contribution is 5.86. The van der Waals surface area contributed by atoms with E-state index in [1.807, 2.05) is 4.90 Å². The van der Waals surface area contributed by atoms with Gasteiger partial charge in [-0.05, 0) is 37.0 Å². The Labute approximate surface area is 115 Å². The molecule has 2 aliphatic rings. The third-order valence-corrected chi connectivity index (χ3v) is 4.94. The zero-order valence-corrected chi connectivity index (χ0v) is 12.2. The second-order valence-electron chi connectivity index (χ2n) is 7.09. The van der Waals surface area contributed by atoms with E-state index in [1.165, 1.54) is 0 Å². The lowest BCUT2D eigenvalue weighted by Gasteiger charge is -2.42. The summed E-state index contributed by atoms with van der Waals surface area (Å²) in [6.07, 6.45) is 3.48. The molecule has 0 aromatic carbocycles. The third kappa shape index (κ3) is 2.93. The van der Waals surface area contributed by atoms with Gasteiger partial charge in [0, 0.05) is 13.1 Å². The van der Waals surface area contributed by atoms with Crippen LogP contribution < -0.4 is 0 Å². The normalized spacial score (nSPS) is 28.9. The number of aliphatic carboxylic acids is 1. The van der Waals surface area contributed by atoms with Crippen LogP contribution in [0.2, 0.25) is 0 Å². The van der Waals surface area contributed by atoms with E-state index in [2.05, 4.69) is 20.8 Å². The predicted molar refractivity (Wildman–Crippen MR) is 72.6 cm³/mol. The van der Waals surface area contributed by atoms with Crippen LogP contribution in [0.4, 0.5) is 0 Å². The van der Waals surface area contributed by atoms with Crippen molar-refractivity contribution in [2.75, 3.05) is 13.1 Å². The standard InChI is InChI=1S/C15H25NO3/c1-15(2,3)10-6-8-16(9-7-10)13(17)11-4-5-12(11)14(18)19/h10-12H,4-9H2,1-3H3,(H,18,19). The van der Waals surface area contributed by atoms with Crippen molar-refractivity contribution in [3.8, 4) is 0 Å². The SMILES string of the molecule is CC(C)(C)C1CCN(C(=O)C2CCC2C(=O)O)CC1. The molecule has 1 amide bonds. The lowest BCUT2D eigenvalue weighted by Crippen LogP contribution is -2.49. The van der Waals surface area contributed by atoms with Crippen molar-refractivity contribution in [2.24, 2.45) is 23.2 Å². The van der Waals surface area contributed by atoms with E-state index in [-0.39, 0.29) is 11.8 Å². The molecule has 2 fully saturated rings. The second-order valence-corrected chi connectivity index (χ2v) is 7.09. The van der Waals surface area contributed by atoms with Crippen LogP contribution in [0.3, 0.4) is 0 Å². The highest BCUT2D eigenvalue weighted by Gasteiger charge is 2.44. The number of amides is 1. The molecule has 1 aliphatic heterocycles. The van der Waals surface area contributed by atoms with E-state index in [0.29, 0.717) is 17.8 Å². The smallest absolute Gasteiger partial charge is 0.307 e. The highest BCUT2D eigenvalue weighted by atomic mass is 16.4. The maximum absolute atomic E-state index is 12.3. The summed E-state index contributed by atoms with van der Waals surface area (Å²) in [5.74, 6) is -0.773. The summed E-state index contributed by atoms with van der Waals surface area (Å²) >= 11 is 0. The molecular formula is C15H25NO3. The van der Waals surface area contributed by atoms with Crippen molar-refractivity contribution >= 4 is 11.9 Å². The van der Waals surface area contributed by atoms with Gasteiger partial charge in [-0.1, -0.05) is 20.8 Å². The molecule has 1 saturated heterocycles. The molecule has 1 N–H and O–H groups in total. The molecule has 0 radical (unpaired) electrons. The molecule has 1 heterocycles. The Bertz CT molecular complexity index is 364. The number of piperidine rings is 1. The van der Waals surface area contributed by atoms with Gasteiger partial charge >= 0.3 is 5.97 Å². The maximum Gasteiger partial charge on any atom is 0.307 e. The minimum absolute atomic E-state index is 0.0750. The van der Waals surface area contributed by atoms with E-state index in [4.69, 9.17) is 5.11 Å². The van der Waals surface area contributed by atoms with Crippen LogP contribution in [-0.2, 0) is 9.59 Å². The molecule has 108 valence electrons. The van der Waals surface area contributed by atoms with Crippen molar-refractivity contribution < 1.29 is 14.7 Å². The zero-order valence-electron chi connectivity index (χ0n) is 12.2. The van der Waals surface area contributed by atoms with Gasteiger partial charge in [-0.15, -0.1) is 0 Å². The van der Waals surface area contributed by atoms with Gasteiger partial charge in [0.15, 0.2) is 0 Å². The van der Waals surface area contributed by atoms with Gasteiger partial charge in [0.25, 0.3) is 0 Å². The summed E-state index contributed by atoms with van der Waals surface area (Å²) in [4.78, 5) is 25.2. The minimum Gasteiger partial charge on any atom is -0.481 e. The van der Waals surface area contributed by atoms with Gasteiger partial charge in [0.1, 0.15) is 0 Å². The highest BCUT2D eigenvalue weighted by Crippen LogP contribution is 2.38. The molecule has 0 bridgehead atoms. The molecule has 2 atom stereocenters. The minimum atomic E-state index is -0.811. The average molecular weight is 267 g/mol. The maximum atomic E-state index is 12.3. The number of hydrogen-bond donors (Lipinski definition) is 1. The van der Waals surface area contributed by atoms with Gasteiger partial charge in [-0.3, -0.25) is 9.59 Å². The fourth-order valence-corrected chi connectivity index (χ4v) is 3.29. The Hall–Kier alpha value is -1.06. The molecule has 2 unspecified atom stereocenters. The number of rotatable bonds is 2. The molecular weight excluding hydrogens is 242 g/mol. The van der Waals surface area contributed by atoms with Crippen molar-refractivity contribution in [3.05, 3.63) is 0 Å². The molecule has 0 spiro atoms. The van der Waals surface area contributed by atoms with Crippen molar-refractivity contribution in [3.63, 3.8) is 0 Å². The van der Waals surface area contributed by atoms with Gasteiger partial charge in [0.2, 0.25) is 5.91 Å². The molecule has 0 aromatic heterocycles. The van der Waals surface area contributed by atoms with Crippen molar-refractivity contribution in [1.29, 1.82) is 0 Å². The summed E-state index contributed by atoms with van der Waals surface area (Å²) in [6.45, 7) is 8.35.